The van der Waals surface area contributed by atoms with Crippen molar-refractivity contribution in [3.05, 3.63) is 57.5 Å². The van der Waals surface area contributed by atoms with Crippen LogP contribution in [0.1, 0.15) is 5.56 Å². The lowest BCUT2D eigenvalue weighted by molar-refractivity contribution is 0.469. The van der Waals surface area contributed by atoms with Gasteiger partial charge in [0.15, 0.2) is 0 Å². The second-order valence-electron chi connectivity index (χ2n) is 3.61. The molecule has 4 heteroatoms. The highest BCUT2D eigenvalue weighted by atomic mass is 79.9. The summed E-state index contributed by atoms with van der Waals surface area (Å²) in [7, 11) is 0. The van der Waals surface area contributed by atoms with Gasteiger partial charge in [0.05, 0.1) is 5.02 Å². The Hall–Kier alpha value is -1.19. The van der Waals surface area contributed by atoms with Gasteiger partial charge in [0.1, 0.15) is 5.75 Å². The Balaban J connectivity index is 2.10. The van der Waals surface area contributed by atoms with Gasteiger partial charge in [0.2, 0.25) is 0 Å². The van der Waals surface area contributed by atoms with Gasteiger partial charge in [0, 0.05) is 22.3 Å². The van der Waals surface area contributed by atoms with E-state index in [1.54, 1.807) is 6.07 Å². The molecule has 88 valence electrons. The number of aromatic hydroxyl groups is 1. The van der Waals surface area contributed by atoms with Crippen molar-refractivity contribution in [3.8, 4) is 5.75 Å². The van der Waals surface area contributed by atoms with E-state index in [0.717, 1.165) is 15.7 Å². The van der Waals surface area contributed by atoms with Gasteiger partial charge >= 0.3 is 0 Å². The molecule has 0 radical (unpaired) electrons. The molecule has 2 aromatic carbocycles. The smallest absolute Gasteiger partial charge is 0.139 e. The summed E-state index contributed by atoms with van der Waals surface area (Å²) in [4.78, 5) is 0. The van der Waals surface area contributed by atoms with Gasteiger partial charge in [-0.15, -0.1) is 0 Å². The third-order valence-corrected chi connectivity index (χ3v) is 3.18. The second-order valence-corrected chi connectivity index (χ2v) is 4.93. The summed E-state index contributed by atoms with van der Waals surface area (Å²) in [5, 5.41) is 13.3. The minimum atomic E-state index is 0.136. The average Bonchev–Trinajstić information content (AvgIpc) is 2.31. The van der Waals surface area contributed by atoms with Gasteiger partial charge in [-0.05, 0) is 24.3 Å². The molecule has 2 rings (SSSR count). The normalized spacial score (nSPS) is 10.2. The molecule has 0 atom stereocenters. The first kappa shape index (κ1) is 12.3. The third kappa shape index (κ3) is 3.14. The maximum absolute atomic E-state index is 9.75. The van der Waals surface area contributed by atoms with E-state index in [0.29, 0.717) is 11.6 Å². The molecule has 0 amide bonds. The fraction of sp³-hybridized carbons (Fsp3) is 0.0769. The Morgan fingerprint density at radius 2 is 1.94 bits per heavy atom. The van der Waals surface area contributed by atoms with Gasteiger partial charge in [0.25, 0.3) is 0 Å². The summed E-state index contributed by atoms with van der Waals surface area (Å²) in [6, 6.07) is 13.2. The van der Waals surface area contributed by atoms with E-state index in [9.17, 15) is 5.11 Å². The van der Waals surface area contributed by atoms with Crippen LogP contribution in [-0.4, -0.2) is 5.11 Å². The molecule has 0 aliphatic heterocycles. The number of nitrogens with one attached hydrogen (secondary N) is 1. The zero-order valence-corrected chi connectivity index (χ0v) is 11.3. The molecule has 0 saturated heterocycles. The van der Waals surface area contributed by atoms with Crippen LogP contribution in [0.4, 0.5) is 5.69 Å². The van der Waals surface area contributed by atoms with E-state index in [-0.39, 0.29) is 5.75 Å². The van der Waals surface area contributed by atoms with Gasteiger partial charge < -0.3 is 10.4 Å². The van der Waals surface area contributed by atoms with E-state index in [1.807, 2.05) is 36.4 Å². The molecule has 0 aliphatic carbocycles. The van der Waals surface area contributed by atoms with Crippen molar-refractivity contribution in [1.29, 1.82) is 0 Å². The summed E-state index contributed by atoms with van der Waals surface area (Å²) in [5.74, 6) is 0.136. The van der Waals surface area contributed by atoms with Crippen LogP contribution in [0.25, 0.3) is 0 Å². The summed E-state index contributed by atoms with van der Waals surface area (Å²) in [5.41, 5.74) is 1.76. The van der Waals surface area contributed by atoms with Crippen LogP contribution in [0.2, 0.25) is 5.02 Å². The summed E-state index contributed by atoms with van der Waals surface area (Å²) < 4.78 is 1.01. The highest BCUT2D eigenvalue weighted by Crippen LogP contribution is 2.27. The number of phenols is 1. The van der Waals surface area contributed by atoms with Crippen molar-refractivity contribution in [3.63, 3.8) is 0 Å². The molecule has 0 bridgehead atoms. The van der Waals surface area contributed by atoms with E-state index in [4.69, 9.17) is 11.6 Å². The van der Waals surface area contributed by atoms with Crippen molar-refractivity contribution in [2.45, 2.75) is 6.54 Å². The van der Waals surface area contributed by atoms with Crippen molar-refractivity contribution in [2.24, 2.45) is 0 Å². The standard InChI is InChI=1S/C13H11BrClNO/c14-10-4-2-5-11(7-10)16-8-9-3-1-6-12(15)13(9)17/h1-7,16-17H,8H2. The molecule has 0 aromatic heterocycles. The Morgan fingerprint density at radius 3 is 2.71 bits per heavy atom. The van der Waals surface area contributed by atoms with Crippen LogP contribution in [0.5, 0.6) is 5.75 Å². The predicted octanol–water partition coefficient (Wildman–Crippen LogP) is 4.42. The number of halogens is 2. The molecule has 17 heavy (non-hydrogen) atoms. The number of rotatable bonds is 3. The van der Waals surface area contributed by atoms with E-state index >= 15 is 0 Å². The number of anilines is 1. The first-order valence-electron chi connectivity index (χ1n) is 5.12. The highest BCUT2D eigenvalue weighted by molar-refractivity contribution is 9.10. The van der Waals surface area contributed by atoms with Crippen LogP contribution in [0.3, 0.4) is 0 Å². The second kappa shape index (κ2) is 5.43. The molecular formula is C13H11BrClNO. The third-order valence-electron chi connectivity index (χ3n) is 2.38. The highest BCUT2D eigenvalue weighted by Gasteiger charge is 2.04. The zero-order valence-electron chi connectivity index (χ0n) is 8.95. The van der Waals surface area contributed by atoms with E-state index < -0.39 is 0 Å². The number of para-hydroxylation sites is 1. The summed E-state index contributed by atoms with van der Waals surface area (Å²) in [6.45, 7) is 0.531. The minimum Gasteiger partial charge on any atom is -0.506 e. The largest absolute Gasteiger partial charge is 0.506 e. The Morgan fingerprint density at radius 1 is 1.18 bits per heavy atom. The van der Waals surface area contributed by atoms with Crippen molar-refractivity contribution < 1.29 is 5.11 Å². The molecule has 2 nitrogen and oxygen atoms in total. The SMILES string of the molecule is Oc1c(Cl)cccc1CNc1cccc(Br)c1. The quantitative estimate of drug-likeness (QED) is 0.879. The lowest BCUT2D eigenvalue weighted by Gasteiger charge is -2.09. The van der Waals surface area contributed by atoms with Crippen molar-refractivity contribution >= 4 is 33.2 Å². The maximum Gasteiger partial charge on any atom is 0.139 e. The Bertz CT molecular complexity index is 531. The Kier molecular flexibility index (Phi) is 3.92. The fourth-order valence-electron chi connectivity index (χ4n) is 1.50. The number of benzene rings is 2. The summed E-state index contributed by atoms with van der Waals surface area (Å²) >= 11 is 9.24. The number of hydrogen-bond acceptors (Lipinski definition) is 2. The molecular weight excluding hydrogens is 302 g/mol. The molecule has 0 unspecified atom stereocenters. The molecule has 0 aliphatic rings. The summed E-state index contributed by atoms with van der Waals surface area (Å²) in [6.07, 6.45) is 0. The molecule has 0 saturated carbocycles. The first-order chi connectivity index (χ1) is 8.16. The average molecular weight is 313 g/mol. The maximum atomic E-state index is 9.75. The van der Waals surface area contributed by atoms with E-state index in [2.05, 4.69) is 21.2 Å². The van der Waals surface area contributed by atoms with Crippen LogP contribution in [-0.2, 0) is 6.54 Å². The van der Waals surface area contributed by atoms with Crippen molar-refractivity contribution in [1.82, 2.24) is 0 Å². The van der Waals surface area contributed by atoms with Crippen molar-refractivity contribution in [2.75, 3.05) is 5.32 Å². The fourth-order valence-corrected chi connectivity index (χ4v) is 2.09. The Labute approximate surface area is 113 Å². The van der Waals surface area contributed by atoms with Crippen LogP contribution >= 0.6 is 27.5 Å². The van der Waals surface area contributed by atoms with Crippen LogP contribution < -0.4 is 5.32 Å². The zero-order chi connectivity index (χ0) is 12.3. The lowest BCUT2D eigenvalue weighted by Crippen LogP contribution is -1.99. The molecule has 2 aromatic rings. The molecule has 0 spiro atoms. The number of phenolic OH excluding ortho intramolecular Hbond substituents is 1. The van der Waals surface area contributed by atoms with Crippen LogP contribution in [0, 0.1) is 0 Å². The predicted molar refractivity (Wildman–Crippen MR) is 74.6 cm³/mol. The van der Waals surface area contributed by atoms with Gasteiger partial charge in [-0.3, -0.25) is 0 Å². The van der Waals surface area contributed by atoms with Crippen LogP contribution in [0.15, 0.2) is 46.9 Å². The number of hydrogen-bond donors (Lipinski definition) is 2. The molecule has 0 fully saturated rings. The van der Waals surface area contributed by atoms with Gasteiger partial charge in [-0.25, -0.2) is 0 Å². The minimum absolute atomic E-state index is 0.136. The van der Waals surface area contributed by atoms with E-state index in [1.165, 1.54) is 0 Å². The van der Waals surface area contributed by atoms with Gasteiger partial charge in [-0.2, -0.15) is 0 Å². The lowest BCUT2D eigenvalue weighted by atomic mass is 10.2. The monoisotopic (exact) mass is 311 g/mol. The molecule has 0 heterocycles. The van der Waals surface area contributed by atoms with Gasteiger partial charge in [-0.1, -0.05) is 45.7 Å². The first-order valence-corrected chi connectivity index (χ1v) is 6.30. The molecule has 2 N–H and O–H groups in total. The topological polar surface area (TPSA) is 32.3 Å².